The molecular formula is C21H31NO6. The second-order valence-electron chi connectivity index (χ2n) is 8.95. The SMILES string of the molecule is CC(=O)N[C@@H]1[C@@H](Oc2ccc(C(C)(C)C)cc2)O[C@@H]2COC(C)(C)O[C@@H]2[C@H]1O. The molecule has 2 N–H and O–H groups in total. The lowest BCUT2D eigenvalue weighted by atomic mass is 9.87. The Morgan fingerprint density at radius 3 is 2.46 bits per heavy atom. The van der Waals surface area contributed by atoms with Gasteiger partial charge in [-0.05, 0) is 37.0 Å². The lowest BCUT2D eigenvalue weighted by molar-refractivity contribution is -0.361. The highest BCUT2D eigenvalue weighted by Crippen LogP contribution is 2.33. The Balaban J connectivity index is 1.79. The van der Waals surface area contributed by atoms with Crippen LogP contribution in [0.3, 0.4) is 0 Å². The summed E-state index contributed by atoms with van der Waals surface area (Å²) in [7, 11) is 0. The van der Waals surface area contributed by atoms with Crippen LogP contribution in [0.15, 0.2) is 24.3 Å². The van der Waals surface area contributed by atoms with Crippen LogP contribution in [0.25, 0.3) is 0 Å². The van der Waals surface area contributed by atoms with E-state index >= 15 is 0 Å². The normalized spacial score (nSPS) is 32.3. The van der Waals surface area contributed by atoms with Gasteiger partial charge in [-0.25, -0.2) is 0 Å². The second-order valence-corrected chi connectivity index (χ2v) is 8.95. The van der Waals surface area contributed by atoms with Crippen LogP contribution in [-0.2, 0) is 24.4 Å². The maximum Gasteiger partial charge on any atom is 0.223 e. The van der Waals surface area contributed by atoms with Gasteiger partial charge in [-0.3, -0.25) is 4.79 Å². The van der Waals surface area contributed by atoms with Crippen molar-refractivity contribution in [2.75, 3.05) is 6.61 Å². The van der Waals surface area contributed by atoms with Crippen LogP contribution < -0.4 is 10.1 Å². The summed E-state index contributed by atoms with van der Waals surface area (Å²) in [5, 5.41) is 13.6. The minimum Gasteiger partial charge on any atom is -0.463 e. The molecule has 1 aromatic carbocycles. The number of aliphatic hydroxyl groups excluding tert-OH is 1. The lowest BCUT2D eigenvalue weighted by Gasteiger charge is -2.49. The lowest BCUT2D eigenvalue weighted by Crippen LogP contribution is -2.69. The van der Waals surface area contributed by atoms with Crippen LogP contribution >= 0.6 is 0 Å². The number of ether oxygens (including phenoxy) is 4. The summed E-state index contributed by atoms with van der Waals surface area (Å²) in [6.07, 6.45) is -2.98. The van der Waals surface area contributed by atoms with E-state index in [1.165, 1.54) is 12.5 Å². The molecular weight excluding hydrogens is 362 g/mol. The van der Waals surface area contributed by atoms with Crippen LogP contribution in [0.1, 0.15) is 47.1 Å². The molecule has 2 aliphatic heterocycles. The predicted molar refractivity (Wildman–Crippen MR) is 103 cm³/mol. The fourth-order valence-electron chi connectivity index (χ4n) is 3.50. The van der Waals surface area contributed by atoms with E-state index in [4.69, 9.17) is 18.9 Å². The van der Waals surface area contributed by atoms with Crippen molar-refractivity contribution in [3.63, 3.8) is 0 Å². The van der Waals surface area contributed by atoms with Gasteiger partial charge in [0.25, 0.3) is 0 Å². The molecule has 3 rings (SSSR count). The van der Waals surface area contributed by atoms with E-state index in [1.807, 2.05) is 24.3 Å². The minimum atomic E-state index is -0.996. The highest BCUT2D eigenvalue weighted by atomic mass is 16.8. The van der Waals surface area contributed by atoms with Gasteiger partial charge in [0.05, 0.1) is 6.61 Å². The maximum absolute atomic E-state index is 11.7. The molecule has 156 valence electrons. The van der Waals surface area contributed by atoms with Crippen LogP contribution in [0.4, 0.5) is 0 Å². The summed E-state index contributed by atoms with van der Waals surface area (Å²) in [6, 6.07) is 6.96. The zero-order valence-corrected chi connectivity index (χ0v) is 17.4. The Labute approximate surface area is 166 Å². The van der Waals surface area contributed by atoms with Crippen molar-refractivity contribution in [3.8, 4) is 5.75 Å². The van der Waals surface area contributed by atoms with E-state index in [9.17, 15) is 9.90 Å². The third-order valence-corrected chi connectivity index (χ3v) is 5.03. The van der Waals surface area contributed by atoms with Gasteiger partial charge in [0.15, 0.2) is 5.79 Å². The number of fused-ring (bicyclic) bond motifs is 1. The number of aliphatic hydroxyl groups is 1. The molecule has 28 heavy (non-hydrogen) atoms. The molecule has 2 fully saturated rings. The number of carbonyl (C=O) groups excluding carboxylic acids is 1. The van der Waals surface area contributed by atoms with Crippen molar-refractivity contribution >= 4 is 5.91 Å². The van der Waals surface area contributed by atoms with Gasteiger partial charge in [0, 0.05) is 6.92 Å². The Hall–Kier alpha value is -1.67. The molecule has 0 unspecified atom stereocenters. The van der Waals surface area contributed by atoms with Gasteiger partial charge in [0.2, 0.25) is 12.2 Å². The van der Waals surface area contributed by atoms with Gasteiger partial charge < -0.3 is 29.4 Å². The number of rotatable bonds is 3. The zero-order chi connectivity index (χ0) is 20.7. The summed E-state index contributed by atoms with van der Waals surface area (Å²) in [5.41, 5.74) is 1.21. The average molecular weight is 393 g/mol. The highest BCUT2D eigenvalue weighted by molar-refractivity contribution is 5.73. The molecule has 0 bridgehead atoms. The first-order valence-electron chi connectivity index (χ1n) is 9.66. The third kappa shape index (κ3) is 4.66. The van der Waals surface area contributed by atoms with Crippen molar-refractivity contribution in [3.05, 3.63) is 29.8 Å². The van der Waals surface area contributed by atoms with E-state index in [0.717, 1.165) is 0 Å². The van der Waals surface area contributed by atoms with E-state index in [-0.39, 0.29) is 17.9 Å². The van der Waals surface area contributed by atoms with Gasteiger partial charge in [0.1, 0.15) is 30.1 Å². The fourth-order valence-corrected chi connectivity index (χ4v) is 3.50. The van der Waals surface area contributed by atoms with E-state index in [0.29, 0.717) is 5.75 Å². The molecule has 5 atom stereocenters. The molecule has 0 radical (unpaired) electrons. The van der Waals surface area contributed by atoms with E-state index in [1.54, 1.807) is 13.8 Å². The van der Waals surface area contributed by atoms with Gasteiger partial charge in [-0.1, -0.05) is 32.9 Å². The number of nitrogens with one attached hydrogen (secondary N) is 1. The molecule has 0 aliphatic carbocycles. The third-order valence-electron chi connectivity index (χ3n) is 5.03. The van der Waals surface area contributed by atoms with Gasteiger partial charge >= 0.3 is 0 Å². The molecule has 1 aromatic rings. The van der Waals surface area contributed by atoms with E-state index in [2.05, 4.69) is 26.1 Å². The van der Waals surface area contributed by atoms with E-state index < -0.39 is 36.4 Å². The number of benzene rings is 1. The molecule has 2 heterocycles. The molecule has 7 heteroatoms. The quantitative estimate of drug-likeness (QED) is 0.818. The molecule has 2 aliphatic rings. The predicted octanol–water partition coefficient (Wildman–Crippen LogP) is 2.10. The number of hydrogen-bond donors (Lipinski definition) is 2. The summed E-state index contributed by atoms with van der Waals surface area (Å²) in [6.45, 7) is 11.6. The maximum atomic E-state index is 11.7. The van der Waals surface area contributed by atoms with Crippen LogP contribution in [0, 0.1) is 0 Å². The Kier molecular flexibility index (Phi) is 5.74. The Bertz CT molecular complexity index is 696. The monoisotopic (exact) mass is 393 g/mol. The van der Waals surface area contributed by atoms with Crippen LogP contribution in [-0.4, -0.2) is 54.1 Å². The standard InChI is InChI=1S/C21H31NO6/c1-12(23)22-16-17(24)18-15(11-25-21(5,6)28-18)27-19(16)26-14-9-7-13(8-10-14)20(2,3)4/h7-10,15-19,24H,11H2,1-6H3,(H,22,23)/t15-,16+,17+,18+,19+/m1/s1. The molecule has 1 amide bonds. The fraction of sp³-hybridized carbons (Fsp3) is 0.667. The first-order valence-corrected chi connectivity index (χ1v) is 9.66. The first-order chi connectivity index (χ1) is 13.0. The van der Waals surface area contributed by atoms with Crippen molar-refractivity contribution in [1.82, 2.24) is 5.32 Å². The van der Waals surface area contributed by atoms with Crippen molar-refractivity contribution < 1.29 is 28.8 Å². The van der Waals surface area contributed by atoms with Crippen molar-refractivity contribution in [2.24, 2.45) is 0 Å². The average Bonchev–Trinajstić information content (AvgIpc) is 2.58. The summed E-state index contributed by atoms with van der Waals surface area (Å²) in [4.78, 5) is 11.7. The van der Waals surface area contributed by atoms with Crippen LogP contribution in [0.2, 0.25) is 0 Å². The Morgan fingerprint density at radius 2 is 1.89 bits per heavy atom. The minimum absolute atomic E-state index is 0.0333. The molecule has 0 saturated carbocycles. The van der Waals surface area contributed by atoms with Gasteiger partial charge in [-0.2, -0.15) is 0 Å². The van der Waals surface area contributed by atoms with Crippen LogP contribution in [0.5, 0.6) is 5.75 Å². The molecule has 0 aromatic heterocycles. The number of carbonyl (C=O) groups is 1. The molecule has 2 saturated heterocycles. The zero-order valence-electron chi connectivity index (χ0n) is 17.4. The second kappa shape index (κ2) is 7.63. The topological polar surface area (TPSA) is 86.3 Å². The van der Waals surface area contributed by atoms with Crippen molar-refractivity contribution in [2.45, 2.75) is 83.4 Å². The number of hydrogen-bond acceptors (Lipinski definition) is 6. The molecule has 0 spiro atoms. The number of amides is 1. The van der Waals surface area contributed by atoms with Gasteiger partial charge in [-0.15, -0.1) is 0 Å². The highest BCUT2D eigenvalue weighted by Gasteiger charge is 2.52. The summed E-state index contributed by atoms with van der Waals surface area (Å²) < 4.78 is 23.5. The Morgan fingerprint density at radius 1 is 1.25 bits per heavy atom. The first kappa shape index (κ1) is 21.0. The summed E-state index contributed by atoms with van der Waals surface area (Å²) in [5.74, 6) is -0.519. The van der Waals surface area contributed by atoms with Crippen molar-refractivity contribution in [1.29, 1.82) is 0 Å². The molecule has 7 nitrogen and oxygen atoms in total. The smallest absolute Gasteiger partial charge is 0.223 e. The summed E-state index contributed by atoms with van der Waals surface area (Å²) >= 11 is 0. The largest absolute Gasteiger partial charge is 0.463 e.